The molecular weight excluding hydrogens is 316 g/mol. The minimum Gasteiger partial charge on any atom is -0.494 e. The molecule has 2 heterocycles. The molecule has 1 fully saturated rings. The molecule has 3 rings (SSSR count). The molecule has 0 aliphatic carbocycles. The van der Waals surface area contributed by atoms with Crippen molar-refractivity contribution >= 4 is 17.2 Å². The van der Waals surface area contributed by atoms with Gasteiger partial charge in [0.05, 0.1) is 18.4 Å². The van der Waals surface area contributed by atoms with Crippen LogP contribution in [-0.2, 0) is 4.74 Å². The predicted molar refractivity (Wildman–Crippen MR) is 102 cm³/mol. The van der Waals surface area contributed by atoms with Gasteiger partial charge in [-0.05, 0) is 43.7 Å². The lowest BCUT2D eigenvalue weighted by atomic mass is 10.0. The summed E-state index contributed by atoms with van der Waals surface area (Å²) in [5.41, 5.74) is 8.46. The summed E-state index contributed by atoms with van der Waals surface area (Å²) in [6.45, 7) is 4.23. The summed E-state index contributed by atoms with van der Waals surface area (Å²) in [4.78, 5) is 6.64. The fourth-order valence-corrected chi connectivity index (χ4v) is 3.04. The number of benzene rings is 1. The monoisotopic (exact) mass is 342 g/mol. The summed E-state index contributed by atoms with van der Waals surface area (Å²) < 4.78 is 10.9. The zero-order chi connectivity index (χ0) is 17.8. The van der Waals surface area contributed by atoms with E-state index in [0.29, 0.717) is 29.3 Å². The second kappa shape index (κ2) is 7.53. The zero-order valence-electron chi connectivity index (χ0n) is 14.7. The summed E-state index contributed by atoms with van der Waals surface area (Å²) >= 11 is 0. The molecule has 1 aromatic carbocycles. The van der Waals surface area contributed by atoms with E-state index < -0.39 is 0 Å². The minimum atomic E-state index is 0. The number of nitrogens with zero attached hydrogens (tertiary/aromatic N) is 2. The first-order chi connectivity index (χ1) is 12.1. The van der Waals surface area contributed by atoms with E-state index in [9.17, 15) is 0 Å². The molecule has 0 spiro atoms. The van der Waals surface area contributed by atoms with Gasteiger partial charge in [-0.3, -0.25) is 5.41 Å². The average Bonchev–Trinajstić information content (AvgIpc) is 3.12. The fourth-order valence-electron chi connectivity index (χ4n) is 3.04. The quantitative estimate of drug-likeness (QED) is 0.623. The van der Waals surface area contributed by atoms with E-state index in [1.807, 2.05) is 31.2 Å². The van der Waals surface area contributed by atoms with Gasteiger partial charge in [0.2, 0.25) is 0 Å². The van der Waals surface area contributed by atoms with E-state index in [2.05, 4.69) is 9.88 Å². The Morgan fingerprint density at radius 2 is 2.24 bits per heavy atom. The maximum Gasteiger partial charge on any atom is 0.129 e. The van der Waals surface area contributed by atoms with Crippen LogP contribution in [0.15, 0.2) is 36.5 Å². The number of nitrogens with two attached hydrogens (primary N) is 1. The Kier molecular flexibility index (Phi) is 5.19. The normalized spacial score (nSPS) is 16.9. The second-order valence-electron chi connectivity index (χ2n) is 6.05. The number of nitrogens with one attached hydrogen (secondary N) is 1. The van der Waals surface area contributed by atoms with E-state index in [-0.39, 0.29) is 7.53 Å². The number of aromatic nitrogens is 1. The second-order valence-corrected chi connectivity index (χ2v) is 6.05. The highest BCUT2D eigenvalue weighted by molar-refractivity contribution is 6.14. The molecule has 25 heavy (non-hydrogen) atoms. The van der Waals surface area contributed by atoms with Gasteiger partial charge in [0, 0.05) is 44.6 Å². The summed E-state index contributed by atoms with van der Waals surface area (Å²) in [6.07, 6.45) is 2.97. The first kappa shape index (κ1) is 17.2. The van der Waals surface area contributed by atoms with Gasteiger partial charge in [-0.25, -0.2) is 4.98 Å². The van der Waals surface area contributed by atoms with Crippen molar-refractivity contribution in [2.24, 2.45) is 0 Å². The van der Waals surface area contributed by atoms with E-state index in [0.717, 1.165) is 30.9 Å². The van der Waals surface area contributed by atoms with Gasteiger partial charge < -0.3 is 20.1 Å². The lowest BCUT2D eigenvalue weighted by Gasteiger charge is -2.18. The third-order valence-corrected chi connectivity index (χ3v) is 4.44. The molecule has 6 heteroatoms. The first-order valence-corrected chi connectivity index (χ1v) is 8.47. The van der Waals surface area contributed by atoms with Gasteiger partial charge in [-0.15, -0.1) is 0 Å². The lowest BCUT2D eigenvalue weighted by Crippen LogP contribution is -2.23. The van der Waals surface area contributed by atoms with Crippen LogP contribution in [0.3, 0.4) is 0 Å². The van der Waals surface area contributed by atoms with Crippen molar-refractivity contribution < 1.29 is 10.9 Å². The molecule has 1 aliphatic rings. The molecule has 0 unspecified atom stereocenters. The van der Waals surface area contributed by atoms with E-state index >= 15 is 0 Å². The molecule has 0 saturated carbocycles. The van der Waals surface area contributed by atoms with Crippen LogP contribution in [0.1, 0.15) is 25.9 Å². The van der Waals surface area contributed by atoms with Crippen LogP contribution in [0.5, 0.6) is 5.75 Å². The van der Waals surface area contributed by atoms with Gasteiger partial charge >= 0.3 is 0 Å². The van der Waals surface area contributed by atoms with Crippen molar-refractivity contribution in [1.29, 1.82) is 5.41 Å². The highest BCUT2D eigenvalue weighted by Crippen LogP contribution is 2.25. The maximum absolute atomic E-state index is 8.58. The van der Waals surface area contributed by atoms with Crippen molar-refractivity contribution in [3.8, 4) is 5.75 Å². The molecule has 134 valence electrons. The molecule has 6 nitrogen and oxygen atoms in total. The van der Waals surface area contributed by atoms with Crippen molar-refractivity contribution in [1.82, 2.24) is 4.98 Å². The molecule has 0 radical (unpaired) electrons. The van der Waals surface area contributed by atoms with Gasteiger partial charge in [0.1, 0.15) is 11.6 Å². The van der Waals surface area contributed by atoms with Crippen LogP contribution in [0, 0.1) is 5.41 Å². The van der Waals surface area contributed by atoms with Crippen LogP contribution in [0.4, 0.5) is 11.5 Å². The lowest BCUT2D eigenvalue weighted by molar-refractivity contribution is 0.121. The number of ether oxygens (including phenoxy) is 2. The van der Waals surface area contributed by atoms with Crippen molar-refractivity contribution in [3.63, 3.8) is 0 Å². The SMILES string of the molecule is CCOc1ccc(N)c(C(=N)c2ccnc(N3CC[C@H](OC)C3)c2)c1.[HH]. The Morgan fingerprint density at radius 3 is 2.96 bits per heavy atom. The summed E-state index contributed by atoms with van der Waals surface area (Å²) in [6, 6.07) is 9.19. The van der Waals surface area contributed by atoms with Crippen LogP contribution < -0.4 is 15.4 Å². The predicted octanol–water partition coefficient (Wildman–Crippen LogP) is 2.95. The molecular formula is C19H26N4O2. The number of methoxy groups -OCH3 is 1. The maximum atomic E-state index is 8.58. The number of pyridine rings is 1. The molecule has 3 N–H and O–H groups in total. The van der Waals surface area contributed by atoms with Crippen LogP contribution >= 0.6 is 0 Å². The third-order valence-electron chi connectivity index (χ3n) is 4.44. The zero-order valence-corrected chi connectivity index (χ0v) is 14.7. The summed E-state index contributed by atoms with van der Waals surface area (Å²) in [7, 11) is 1.74. The number of anilines is 2. The molecule has 1 atom stereocenters. The number of nitrogen functional groups attached to an aromatic ring is 1. The topological polar surface area (TPSA) is 84.5 Å². The van der Waals surface area contributed by atoms with Gasteiger partial charge in [0.15, 0.2) is 0 Å². The average molecular weight is 342 g/mol. The van der Waals surface area contributed by atoms with E-state index in [1.54, 1.807) is 19.4 Å². The minimum absolute atomic E-state index is 0. The van der Waals surface area contributed by atoms with Crippen LogP contribution in [0.25, 0.3) is 0 Å². The third kappa shape index (κ3) is 3.74. The van der Waals surface area contributed by atoms with Crippen molar-refractivity contribution in [2.75, 3.05) is 37.4 Å². The highest BCUT2D eigenvalue weighted by Gasteiger charge is 2.23. The van der Waals surface area contributed by atoms with E-state index in [1.165, 1.54) is 0 Å². The van der Waals surface area contributed by atoms with Gasteiger partial charge in [0.25, 0.3) is 0 Å². The number of rotatable bonds is 6. The number of hydrogen-bond acceptors (Lipinski definition) is 6. The fraction of sp³-hybridized carbons (Fsp3) is 0.368. The molecule has 1 aliphatic heterocycles. The number of hydrogen-bond donors (Lipinski definition) is 2. The Balaban J connectivity index is 0.00000243. The van der Waals surface area contributed by atoms with Gasteiger partial charge in [-0.2, -0.15) is 0 Å². The smallest absolute Gasteiger partial charge is 0.129 e. The van der Waals surface area contributed by atoms with Gasteiger partial charge in [-0.1, -0.05) is 0 Å². The van der Waals surface area contributed by atoms with Crippen molar-refractivity contribution in [2.45, 2.75) is 19.4 Å². The molecule has 1 aromatic heterocycles. The molecule has 0 amide bonds. The Morgan fingerprint density at radius 1 is 1.40 bits per heavy atom. The van der Waals surface area contributed by atoms with Crippen LogP contribution in [-0.4, -0.2) is 43.6 Å². The Hall–Kier alpha value is -2.60. The Labute approximate surface area is 149 Å². The van der Waals surface area contributed by atoms with E-state index in [4.69, 9.17) is 20.6 Å². The van der Waals surface area contributed by atoms with Crippen molar-refractivity contribution in [3.05, 3.63) is 47.7 Å². The first-order valence-electron chi connectivity index (χ1n) is 8.47. The Bertz CT molecular complexity index is 769. The standard InChI is InChI=1S/C19H24N4O2.H2/c1-3-25-14-4-5-17(20)16(11-14)19(21)13-6-8-22-18(10-13)23-9-7-15(12-23)24-2;/h4-6,8,10-11,15,21H,3,7,9,12,20H2,1-2H3;1H/t15-;/m0./s1. The molecule has 0 bridgehead atoms. The summed E-state index contributed by atoms with van der Waals surface area (Å²) in [5, 5.41) is 8.58. The molecule has 1 saturated heterocycles. The molecule has 2 aromatic rings. The highest BCUT2D eigenvalue weighted by atomic mass is 16.5. The largest absolute Gasteiger partial charge is 0.494 e. The summed E-state index contributed by atoms with van der Waals surface area (Å²) in [5.74, 6) is 1.58. The van der Waals surface area contributed by atoms with Crippen LogP contribution in [0.2, 0.25) is 0 Å².